The molecule has 7 atom stereocenters. The summed E-state index contributed by atoms with van der Waals surface area (Å²) in [5.41, 5.74) is 1.51. The average Bonchev–Trinajstić information content (AvgIpc) is 2.86. The largest absolute Gasteiger partial charge is 0.300 e. The predicted octanol–water partition coefficient (Wildman–Crippen LogP) is 4.87. The van der Waals surface area contributed by atoms with Crippen molar-refractivity contribution in [2.75, 3.05) is 0 Å². The summed E-state index contributed by atoms with van der Waals surface area (Å²) in [5, 5.41) is 0. The molecule has 0 aromatic heterocycles. The van der Waals surface area contributed by atoms with Crippen LogP contribution in [0, 0.1) is 34.5 Å². The van der Waals surface area contributed by atoms with Crippen LogP contribution in [0.25, 0.3) is 0 Å². The van der Waals surface area contributed by atoms with Crippen LogP contribution in [-0.2, 0) is 9.59 Å². The SMILES string of the molecule is CC(=O)[C@H]1CC[C@H]2[C@@H]3[C@H](Br)CC4=CC(=O)C=C[C@]4(C)[C@H]3CC[C@]12C. The summed E-state index contributed by atoms with van der Waals surface area (Å²) in [4.78, 5) is 24.5. The highest BCUT2D eigenvalue weighted by Gasteiger charge is 2.61. The maximum Gasteiger partial charge on any atom is 0.178 e. The minimum atomic E-state index is 0.0263. The predicted molar refractivity (Wildman–Crippen MR) is 98.9 cm³/mol. The Morgan fingerprint density at radius 1 is 1.21 bits per heavy atom. The van der Waals surface area contributed by atoms with Gasteiger partial charge in [0.2, 0.25) is 0 Å². The molecular formula is C21H27BrO2. The summed E-state index contributed by atoms with van der Waals surface area (Å²) in [5.74, 6) is 2.58. The number of fused-ring (bicyclic) bond motifs is 5. The molecule has 0 aliphatic heterocycles. The average molecular weight is 391 g/mol. The van der Waals surface area contributed by atoms with Crippen LogP contribution >= 0.6 is 15.9 Å². The minimum Gasteiger partial charge on any atom is -0.300 e. The van der Waals surface area contributed by atoms with Crippen molar-refractivity contribution < 1.29 is 9.59 Å². The van der Waals surface area contributed by atoms with Crippen LogP contribution in [0.2, 0.25) is 0 Å². The van der Waals surface area contributed by atoms with Crippen LogP contribution < -0.4 is 0 Å². The smallest absolute Gasteiger partial charge is 0.178 e. The first-order valence-corrected chi connectivity index (χ1v) is 10.3. The second-order valence-corrected chi connectivity index (χ2v) is 10.2. The number of ketones is 2. The Morgan fingerprint density at radius 3 is 2.67 bits per heavy atom. The molecule has 3 fully saturated rings. The van der Waals surface area contributed by atoms with Crippen molar-refractivity contribution in [1.29, 1.82) is 0 Å². The number of hydrogen-bond donors (Lipinski definition) is 0. The van der Waals surface area contributed by atoms with E-state index in [2.05, 4.69) is 35.9 Å². The minimum absolute atomic E-state index is 0.0263. The number of Topliss-reactive ketones (excluding diaryl/α,β-unsaturated/α-hetero) is 1. The Bertz CT molecular complexity index is 663. The Morgan fingerprint density at radius 2 is 1.96 bits per heavy atom. The summed E-state index contributed by atoms with van der Waals surface area (Å²) in [7, 11) is 0. The summed E-state index contributed by atoms with van der Waals surface area (Å²) in [6.07, 6.45) is 11.4. The topological polar surface area (TPSA) is 34.1 Å². The zero-order valence-electron chi connectivity index (χ0n) is 14.8. The Hall–Kier alpha value is -0.700. The molecule has 0 radical (unpaired) electrons. The fourth-order valence-electron chi connectivity index (χ4n) is 6.79. The van der Waals surface area contributed by atoms with Gasteiger partial charge in [-0.2, -0.15) is 0 Å². The molecule has 0 aromatic carbocycles. The number of rotatable bonds is 1. The lowest BCUT2D eigenvalue weighted by molar-refractivity contribution is -0.127. The molecule has 0 spiro atoms. The van der Waals surface area contributed by atoms with Gasteiger partial charge in [-0.25, -0.2) is 0 Å². The number of halogens is 1. The van der Waals surface area contributed by atoms with Gasteiger partial charge in [-0.3, -0.25) is 9.59 Å². The maximum atomic E-state index is 12.2. The van der Waals surface area contributed by atoms with Gasteiger partial charge in [0.05, 0.1) is 0 Å². The van der Waals surface area contributed by atoms with Gasteiger partial charge < -0.3 is 0 Å². The van der Waals surface area contributed by atoms with Crippen LogP contribution in [0.15, 0.2) is 23.8 Å². The van der Waals surface area contributed by atoms with E-state index >= 15 is 0 Å². The Kier molecular flexibility index (Phi) is 3.77. The van der Waals surface area contributed by atoms with Gasteiger partial charge in [-0.1, -0.05) is 41.4 Å². The van der Waals surface area contributed by atoms with Gasteiger partial charge in [-0.05, 0) is 74.3 Å². The van der Waals surface area contributed by atoms with Crippen molar-refractivity contribution in [3.63, 3.8) is 0 Å². The molecule has 0 saturated heterocycles. The lowest BCUT2D eigenvalue weighted by atomic mass is 9.47. The van der Waals surface area contributed by atoms with Gasteiger partial charge in [0.15, 0.2) is 5.78 Å². The number of hydrogen-bond acceptors (Lipinski definition) is 2. The van der Waals surface area contributed by atoms with Crippen molar-refractivity contribution in [3.05, 3.63) is 23.8 Å². The molecule has 3 saturated carbocycles. The first kappa shape index (κ1) is 16.8. The van der Waals surface area contributed by atoms with Crippen LogP contribution in [0.5, 0.6) is 0 Å². The maximum absolute atomic E-state index is 12.2. The lowest BCUT2D eigenvalue weighted by Gasteiger charge is -2.58. The molecule has 0 amide bonds. The van der Waals surface area contributed by atoms with Gasteiger partial charge in [0.25, 0.3) is 0 Å². The van der Waals surface area contributed by atoms with E-state index in [9.17, 15) is 9.59 Å². The quantitative estimate of drug-likeness (QED) is 0.598. The second-order valence-electron chi connectivity index (χ2n) is 8.98. The van der Waals surface area contributed by atoms with E-state index in [0.717, 1.165) is 25.7 Å². The third-order valence-corrected chi connectivity index (χ3v) is 8.96. The molecule has 0 unspecified atom stereocenters. The number of carbonyl (C=O) groups is 2. The van der Waals surface area contributed by atoms with Gasteiger partial charge in [-0.15, -0.1) is 0 Å². The molecule has 4 aliphatic rings. The van der Waals surface area contributed by atoms with Crippen LogP contribution in [-0.4, -0.2) is 16.4 Å². The van der Waals surface area contributed by atoms with E-state index in [1.807, 2.05) is 6.08 Å². The highest BCUT2D eigenvalue weighted by molar-refractivity contribution is 9.09. The molecule has 0 aromatic rings. The standard InChI is InChI=1S/C21H27BrO2/c1-12(23)15-4-5-16-19-17(7-9-21(15,16)3)20(2)8-6-14(24)10-13(20)11-18(19)22/h6,8,10,15-19H,4-5,7,9,11H2,1-3H3/t15-,16+,17+,18-,19+,20+,21-/m1/s1. The van der Waals surface area contributed by atoms with E-state index in [1.54, 1.807) is 13.0 Å². The molecule has 2 nitrogen and oxygen atoms in total. The Balaban J connectivity index is 1.73. The van der Waals surface area contributed by atoms with Gasteiger partial charge in [0.1, 0.15) is 5.78 Å². The van der Waals surface area contributed by atoms with E-state index in [0.29, 0.717) is 28.4 Å². The van der Waals surface area contributed by atoms with E-state index in [-0.39, 0.29) is 22.5 Å². The number of alkyl halides is 1. The molecule has 24 heavy (non-hydrogen) atoms. The molecule has 4 rings (SSSR count). The zero-order valence-corrected chi connectivity index (χ0v) is 16.4. The zero-order chi connectivity index (χ0) is 17.3. The summed E-state index contributed by atoms with van der Waals surface area (Å²) >= 11 is 3.99. The molecule has 4 aliphatic carbocycles. The van der Waals surface area contributed by atoms with Crippen molar-refractivity contribution in [2.24, 2.45) is 34.5 Å². The van der Waals surface area contributed by atoms with E-state index < -0.39 is 0 Å². The number of allylic oxidation sites excluding steroid dienone is 4. The van der Waals surface area contributed by atoms with E-state index in [1.165, 1.54) is 12.0 Å². The molecule has 0 N–H and O–H groups in total. The van der Waals surface area contributed by atoms with Crippen molar-refractivity contribution in [2.45, 2.75) is 57.7 Å². The summed E-state index contributed by atoms with van der Waals surface area (Å²) in [6, 6.07) is 0. The molecule has 130 valence electrons. The van der Waals surface area contributed by atoms with Gasteiger partial charge >= 0.3 is 0 Å². The Labute approximate surface area is 153 Å². The van der Waals surface area contributed by atoms with Crippen molar-refractivity contribution in [3.8, 4) is 0 Å². The fourth-order valence-corrected chi connectivity index (χ4v) is 7.88. The van der Waals surface area contributed by atoms with Crippen LogP contribution in [0.4, 0.5) is 0 Å². The molecule has 0 bridgehead atoms. The number of carbonyl (C=O) groups excluding carboxylic acids is 2. The fraction of sp³-hybridized carbons (Fsp3) is 0.714. The molecule has 0 heterocycles. The second kappa shape index (κ2) is 5.40. The molecular weight excluding hydrogens is 364 g/mol. The van der Waals surface area contributed by atoms with E-state index in [4.69, 9.17) is 0 Å². The third kappa shape index (κ3) is 2.12. The van der Waals surface area contributed by atoms with Crippen molar-refractivity contribution in [1.82, 2.24) is 0 Å². The highest BCUT2D eigenvalue weighted by atomic mass is 79.9. The van der Waals surface area contributed by atoms with Gasteiger partial charge in [0, 0.05) is 16.2 Å². The summed E-state index contributed by atoms with van der Waals surface area (Å²) < 4.78 is 0. The monoisotopic (exact) mass is 390 g/mol. The lowest BCUT2D eigenvalue weighted by Crippen LogP contribution is -2.53. The van der Waals surface area contributed by atoms with Crippen LogP contribution in [0.1, 0.15) is 52.9 Å². The summed E-state index contributed by atoms with van der Waals surface area (Å²) in [6.45, 7) is 6.49. The first-order valence-electron chi connectivity index (χ1n) is 9.36. The first-order chi connectivity index (χ1) is 11.3. The van der Waals surface area contributed by atoms with Crippen LogP contribution in [0.3, 0.4) is 0 Å². The molecule has 3 heteroatoms. The normalized spacial score (nSPS) is 49.9. The third-order valence-electron chi connectivity index (χ3n) is 8.03. The van der Waals surface area contributed by atoms with Crippen molar-refractivity contribution >= 4 is 27.5 Å². The highest BCUT2D eigenvalue weighted by Crippen LogP contribution is 2.66.